The quantitative estimate of drug-likeness (QED) is 0.756. The van der Waals surface area contributed by atoms with Crippen LogP contribution in [0.1, 0.15) is 25.7 Å². The maximum Gasteiger partial charge on any atom is 0.391 e. The SMILES string of the molecule is O=C([O-])/C=C/C(=O)N[C@H]1CCC[C@H](C(F)(F)F)C1. The molecule has 1 aliphatic carbocycles. The number of carbonyl (C=O) groups excluding carboxylic acids is 2. The van der Waals surface area contributed by atoms with Gasteiger partial charge in [-0.1, -0.05) is 6.42 Å². The maximum atomic E-state index is 12.5. The summed E-state index contributed by atoms with van der Waals surface area (Å²) in [4.78, 5) is 21.3. The zero-order chi connectivity index (χ0) is 13.8. The highest BCUT2D eigenvalue weighted by Crippen LogP contribution is 2.37. The van der Waals surface area contributed by atoms with E-state index in [1.165, 1.54) is 0 Å². The summed E-state index contributed by atoms with van der Waals surface area (Å²) in [5.41, 5.74) is 0. The molecule has 4 nitrogen and oxygen atoms in total. The van der Waals surface area contributed by atoms with Crippen LogP contribution in [0, 0.1) is 5.92 Å². The molecule has 0 aliphatic heterocycles. The van der Waals surface area contributed by atoms with Crippen LogP contribution in [-0.4, -0.2) is 24.1 Å². The molecule has 2 atom stereocenters. The Morgan fingerprint density at radius 2 is 1.89 bits per heavy atom. The number of hydrogen-bond donors (Lipinski definition) is 1. The van der Waals surface area contributed by atoms with Gasteiger partial charge in [-0.2, -0.15) is 13.2 Å². The van der Waals surface area contributed by atoms with Gasteiger partial charge in [-0.05, 0) is 25.3 Å². The fourth-order valence-electron chi connectivity index (χ4n) is 2.01. The standard InChI is InChI=1S/C11H14F3NO3/c12-11(13,14)7-2-1-3-8(6-7)15-9(16)4-5-10(17)18/h4-5,7-8H,1-3,6H2,(H,15,16)(H,17,18)/p-1/b5-4+/t7-,8-/m0/s1. The van der Waals surface area contributed by atoms with Crippen molar-refractivity contribution in [3.05, 3.63) is 12.2 Å². The molecule has 0 saturated heterocycles. The van der Waals surface area contributed by atoms with Crippen molar-refractivity contribution in [1.29, 1.82) is 0 Å². The second-order valence-corrected chi connectivity index (χ2v) is 4.26. The van der Waals surface area contributed by atoms with Gasteiger partial charge < -0.3 is 15.2 Å². The Kier molecular flexibility index (Phi) is 4.75. The Hall–Kier alpha value is -1.53. The average molecular weight is 264 g/mol. The van der Waals surface area contributed by atoms with Crippen LogP contribution in [0.15, 0.2) is 12.2 Å². The van der Waals surface area contributed by atoms with Crippen molar-refractivity contribution in [3.8, 4) is 0 Å². The van der Waals surface area contributed by atoms with Crippen LogP contribution < -0.4 is 10.4 Å². The summed E-state index contributed by atoms with van der Waals surface area (Å²) in [5, 5.41) is 12.4. The minimum Gasteiger partial charge on any atom is -0.545 e. The third-order valence-corrected chi connectivity index (χ3v) is 2.85. The highest BCUT2D eigenvalue weighted by atomic mass is 19.4. The summed E-state index contributed by atoms with van der Waals surface area (Å²) in [6, 6.07) is -0.565. The third-order valence-electron chi connectivity index (χ3n) is 2.85. The van der Waals surface area contributed by atoms with Crippen LogP contribution >= 0.6 is 0 Å². The van der Waals surface area contributed by atoms with Gasteiger partial charge in [-0.3, -0.25) is 4.79 Å². The molecule has 0 aromatic carbocycles. The van der Waals surface area contributed by atoms with Gasteiger partial charge in [0, 0.05) is 12.1 Å². The van der Waals surface area contributed by atoms with Crippen LogP contribution in [0.25, 0.3) is 0 Å². The van der Waals surface area contributed by atoms with E-state index in [1.54, 1.807) is 0 Å². The molecule has 1 saturated carbocycles. The van der Waals surface area contributed by atoms with E-state index in [1.807, 2.05) is 0 Å². The van der Waals surface area contributed by atoms with Gasteiger partial charge in [0.05, 0.1) is 11.9 Å². The molecule has 0 bridgehead atoms. The molecular formula is C11H13F3NO3-. The third kappa shape index (κ3) is 4.77. The second kappa shape index (κ2) is 5.88. The zero-order valence-corrected chi connectivity index (χ0v) is 9.50. The van der Waals surface area contributed by atoms with Gasteiger partial charge in [0.2, 0.25) is 5.91 Å². The molecule has 0 heterocycles. The van der Waals surface area contributed by atoms with E-state index in [2.05, 4.69) is 5.32 Å². The normalized spacial score (nSPS) is 25.1. The van der Waals surface area contributed by atoms with Crippen molar-refractivity contribution >= 4 is 11.9 Å². The number of halogens is 3. The van der Waals surface area contributed by atoms with E-state index < -0.39 is 30.0 Å². The van der Waals surface area contributed by atoms with Gasteiger partial charge in [0.15, 0.2) is 0 Å². The van der Waals surface area contributed by atoms with Crippen LogP contribution in [0.5, 0.6) is 0 Å². The molecule has 18 heavy (non-hydrogen) atoms. The van der Waals surface area contributed by atoms with Gasteiger partial charge in [0.25, 0.3) is 0 Å². The number of alkyl halides is 3. The molecule has 1 fully saturated rings. The van der Waals surface area contributed by atoms with Gasteiger partial charge in [-0.15, -0.1) is 0 Å². The van der Waals surface area contributed by atoms with Crippen LogP contribution in [0.4, 0.5) is 13.2 Å². The molecule has 7 heteroatoms. The second-order valence-electron chi connectivity index (χ2n) is 4.26. The maximum absolute atomic E-state index is 12.5. The smallest absolute Gasteiger partial charge is 0.391 e. The lowest BCUT2D eigenvalue weighted by Crippen LogP contribution is -2.41. The fourth-order valence-corrected chi connectivity index (χ4v) is 2.01. The molecule has 0 spiro atoms. The van der Waals surface area contributed by atoms with E-state index in [0.29, 0.717) is 18.9 Å². The van der Waals surface area contributed by atoms with Crippen LogP contribution in [0.2, 0.25) is 0 Å². The van der Waals surface area contributed by atoms with Crippen molar-refractivity contribution in [2.24, 2.45) is 5.92 Å². The summed E-state index contributed by atoms with van der Waals surface area (Å²) in [6.45, 7) is 0. The minimum atomic E-state index is -4.25. The van der Waals surface area contributed by atoms with Crippen molar-refractivity contribution in [1.82, 2.24) is 5.32 Å². The summed E-state index contributed by atoms with van der Waals surface area (Å²) < 4.78 is 37.5. The van der Waals surface area contributed by atoms with E-state index in [-0.39, 0.29) is 12.8 Å². The Morgan fingerprint density at radius 3 is 2.44 bits per heavy atom. The number of carboxylic acids is 1. The predicted octanol–water partition coefficient (Wildman–Crippen LogP) is 0.530. The van der Waals surface area contributed by atoms with Crippen molar-refractivity contribution < 1.29 is 27.9 Å². The Morgan fingerprint density at radius 1 is 1.22 bits per heavy atom. The van der Waals surface area contributed by atoms with Gasteiger partial charge in [0.1, 0.15) is 0 Å². The summed E-state index contributed by atoms with van der Waals surface area (Å²) in [5.74, 6) is -3.64. The number of rotatable bonds is 3. The minimum absolute atomic E-state index is 0.0742. The monoisotopic (exact) mass is 264 g/mol. The lowest BCUT2D eigenvalue weighted by molar-refractivity contribution is -0.297. The number of aliphatic carboxylic acids is 1. The highest BCUT2D eigenvalue weighted by Gasteiger charge is 2.42. The summed E-state index contributed by atoms with van der Waals surface area (Å²) >= 11 is 0. The van der Waals surface area contributed by atoms with Gasteiger partial charge >= 0.3 is 6.18 Å². The molecule has 0 aromatic rings. The Labute approximate surface area is 102 Å². The number of carbonyl (C=O) groups is 2. The number of nitrogens with one attached hydrogen (secondary N) is 1. The molecule has 1 amide bonds. The van der Waals surface area contributed by atoms with Gasteiger partial charge in [-0.25, -0.2) is 0 Å². The first-order chi connectivity index (χ1) is 8.29. The predicted molar refractivity (Wildman–Crippen MR) is 54.1 cm³/mol. The molecule has 1 N–H and O–H groups in total. The highest BCUT2D eigenvalue weighted by molar-refractivity contribution is 5.93. The van der Waals surface area contributed by atoms with Crippen LogP contribution in [-0.2, 0) is 9.59 Å². The topological polar surface area (TPSA) is 69.2 Å². The van der Waals surface area contributed by atoms with Crippen molar-refractivity contribution in [3.63, 3.8) is 0 Å². The molecule has 0 unspecified atom stereocenters. The molecule has 1 rings (SSSR count). The lowest BCUT2D eigenvalue weighted by atomic mass is 9.85. The first-order valence-corrected chi connectivity index (χ1v) is 5.55. The summed E-state index contributed by atoms with van der Waals surface area (Å²) in [7, 11) is 0. The first-order valence-electron chi connectivity index (χ1n) is 5.55. The van der Waals surface area contributed by atoms with Crippen molar-refractivity contribution in [2.45, 2.75) is 37.9 Å². The van der Waals surface area contributed by atoms with E-state index in [9.17, 15) is 27.9 Å². The molecular weight excluding hydrogens is 251 g/mol. The van der Waals surface area contributed by atoms with E-state index in [0.717, 1.165) is 6.08 Å². The van der Waals surface area contributed by atoms with Crippen LogP contribution in [0.3, 0.4) is 0 Å². The fraction of sp³-hybridized carbons (Fsp3) is 0.636. The number of hydrogen-bond acceptors (Lipinski definition) is 3. The van der Waals surface area contributed by atoms with E-state index >= 15 is 0 Å². The molecule has 1 aliphatic rings. The Balaban J connectivity index is 2.48. The number of carboxylic acid groups (broad SMARTS) is 1. The Bertz CT molecular complexity index is 352. The molecule has 0 aromatic heterocycles. The largest absolute Gasteiger partial charge is 0.545 e. The zero-order valence-electron chi connectivity index (χ0n) is 9.50. The van der Waals surface area contributed by atoms with Crippen molar-refractivity contribution in [2.75, 3.05) is 0 Å². The average Bonchev–Trinajstić information content (AvgIpc) is 2.25. The lowest BCUT2D eigenvalue weighted by Gasteiger charge is -2.30. The molecule has 102 valence electrons. The summed E-state index contributed by atoms with van der Waals surface area (Å²) in [6.07, 6.45) is -2.19. The molecule has 0 radical (unpaired) electrons. The number of amides is 1. The first kappa shape index (κ1) is 14.5. The van der Waals surface area contributed by atoms with E-state index in [4.69, 9.17) is 0 Å².